The molecule has 98 valence electrons. The van der Waals surface area contributed by atoms with Crippen molar-refractivity contribution in [2.75, 3.05) is 26.2 Å². The molecule has 2 heterocycles. The standard InChI is InChI=1S/C14H19NO3/c16-12-7-15(8-13(12)17)9-14-11-4-2-1-3-10(11)5-6-18-14/h1-4,12-14,16-17H,5-9H2/t12-,13+,14?. The fraction of sp³-hybridized carbons (Fsp3) is 0.571. The van der Waals surface area contributed by atoms with Gasteiger partial charge in [0.25, 0.3) is 0 Å². The number of aliphatic hydroxyl groups excluding tert-OH is 2. The molecule has 1 unspecified atom stereocenters. The molecule has 1 fully saturated rings. The molecule has 0 radical (unpaired) electrons. The van der Waals surface area contributed by atoms with E-state index in [0.717, 1.165) is 19.6 Å². The highest BCUT2D eigenvalue weighted by Gasteiger charge is 2.32. The van der Waals surface area contributed by atoms with Crippen LogP contribution in [-0.4, -0.2) is 53.6 Å². The van der Waals surface area contributed by atoms with Crippen molar-refractivity contribution in [3.05, 3.63) is 35.4 Å². The van der Waals surface area contributed by atoms with Gasteiger partial charge >= 0.3 is 0 Å². The van der Waals surface area contributed by atoms with E-state index in [9.17, 15) is 10.2 Å². The number of nitrogens with zero attached hydrogens (tertiary/aromatic N) is 1. The van der Waals surface area contributed by atoms with Gasteiger partial charge in [0, 0.05) is 19.6 Å². The first-order valence-electron chi connectivity index (χ1n) is 6.52. The molecule has 0 aliphatic carbocycles. The smallest absolute Gasteiger partial charge is 0.0954 e. The van der Waals surface area contributed by atoms with Gasteiger partial charge in [-0.1, -0.05) is 24.3 Å². The van der Waals surface area contributed by atoms with Crippen LogP contribution in [0.2, 0.25) is 0 Å². The summed E-state index contributed by atoms with van der Waals surface area (Å²) < 4.78 is 5.83. The molecule has 2 aliphatic rings. The largest absolute Gasteiger partial charge is 0.389 e. The van der Waals surface area contributed by atoms with E-state index in [1.165, 1.54) is 11.1 Å². The van der Waals surface area contributed by atoms with Crippen molar-refractivity contribution < 1.29 is 14.9 Å². The molecule has 0 bridgehead atoms. The Hall–Kier alpha value is -0.940. The highest BCUT2D eigenvalue weighted by atomic mass is 16.5. The van der Waals surface area contributed by atoms with Crippen molar-refractivity contribution in [2.24, 2.45) is 0 Å². The van der Waals surface area contributed by atoms with Gasteiger partial charge in [-0.3, -0.25) is 4.90 Å². The SMILES string of the molecule is O[C@@H]1CN(CC2OCCc3ccccc32)C[C@@H]1O. The molecule has 1 saturated heterocycles. The third kappa shape index (κ3) is 2.29. The average molecular weight is 249 g/mol. The lowest BCUT2D eigenvalue weighted by atomic mass is 9.97. The zero-order chi connectivity index (χ0) is 12.5. The van der Waals surface area contributed by atoms with Crippen molar-refractivity contribution >= 4 is 0 Å². The molecule has 1 aromatic carbocycles. The molecule has 18 heavy (non-hydrogen) atoms. The number of likely N-dealkylation sites (tertiary alicyclic amines) is 1. The van der Waals surface area contributed by atoms with Crippen molar-refractivity contribution in [1.29, 1.82) is 0 Å². The maximum Gasteiger partial charge on any atom is 0.0954 e. The summed E-state index contributed by atoms with van der Waals surface area (Å²) in [5.74, 6) is 0. The number of ether oxygens (including phenoxy) is 1. The summed E-state index contributed by atoms with van der Waals surface area (Å²) in [6.45, 7) is 2.55. The number of hydrogen-bond acceptors (Lipinski definition) is 4. The minimum atomic E-state index is -0.621. The Balaban J connectivity index is 1.71. The first-order valence-corrected chi connectivity index (χ1v) is 6.52. The molecule has 2 N–H and O–H groups in total. The Morgan fingerprint density at radius 3 is 2.67 bits per heavy atom. The van der Waals surface area contributed by atoms with Gasteiger partial charge in [0.2, 0.25) is 0 Å². The summed E-state index contributed by atoms with van der Waals surface area (Å²) in [5, 5.41) is 19.1. The van der Waals surface area contributed by atoms with Gasteiger partial charge in [0.05, 0.1) is 24.9 Å². The summed E-state index contributed by atoms with van der Waals surface area (Å²) in [6, 6.07) is 8.36. The second kappa shape index (κ2) is 4.97. The average Bonchev–Trinajstić information content (AvgIpc) is 2.69. The van der Waals surface area contributed by atoms with E-state index in [0.29, 0.717) is 13.1 Å². The van der Waals surface area contributed by atoms with Crippen LogP contribution in [0.5, 0.6) is 0 Å². The van der Waals surface area contributed by atoms with E-state index in [2.05, 4.69) is 23.1 Å². The second-order valence-corrected chi connectivity index (χ2v) is 5.16. The van der Waals surface area contributed by atoms with Crippen molar-refractivity contribution in [3.63, 3.8) is 0 Å². The molecule has 3 rings (SSSR count). The van der Waals surface area contributed by atoms with Crippen LogP contribution in [0.15, 0.2) is 24.3 Å². The molecule has 0 aromatic heterocycles. The van der Waals surface area contributed by atoms with Gasteiger partial charge < -0.3 is 14.9 Å². The van der Waals surface area contributed by atoms with Gasteiger partial charge in [0.15, 0.2) is 0 Å². The summed E-state index contributed by atoms with van der Waals surface area (Å²) in [7, 11) is 0. The molecular formula is C14H19NO3. The number of rotatable bonds is 2. The first-order chi connectivity index (χ1) is 8.74. The van der Waals surface area contributed by atoms with Crippen LogP contribution in [0, 0.1) is 0 Å². The third-order valence-corrected chi connectivity index (χ3v) is 3.85. The number of β-amino-alcohol motifs (C(OH)–C–C–N with tert-alkyl or cyclic N) is 2. The fourth-order valence-corrected chi connectivity index (χ4v) is 2.86. The predicted molar refractivity (Wildman–Crippen MR) is 67.3 cm³/mol. The molecule has 2 aliphatic heterocycles. The molecule has 4 heteroatoms. The van der Waals surface area contributed by atoms with Crippen LogP contribution in [0.1, 0.15) is 17.2 Å². The van der Waals surface area contributed by atoms with Gasteiger partial charge in [-0.2, -0.15) is 0 Å². The van der Waals surface area contributed by atoms with E-state index in [4.69, 9.17) is 4.74 Å². The monoisotopic (exact) mass is 249 g/mol. The maximum absolute atomic E-state index is 9.56. The van der Waals surface area contributed by atoms with E-state index in [1.807, 2.05) is 6.07 Å². The van der Waals surface area contributed by atoms with Crippen LogP contribution in [0.3, 0.4) is 0 Å². The van der Waals surface area contributed by atoms with Crippen molar-refractivity contribution in [1.82, 2.24) is 4.90 Å². The highest BCUT2D eigenvalue weighted by molar-refractivity contribution is 5.31. The summed E-state index contributed by atoms with van der Waals surface area (Å²) >= 11 is 0. The number of aliphatic hydroxyl groups is 2. The fourth-order valence-electron chi connectivity index (χ4n) is 2.86. The quantitative estimate of drug-likeness (QED) is 0.793. The number of fused-ring (bicyclic) bond motifs is 1. The van der Waals surface area contributed by atoms with Gasteiger partial charge in [-0.05, 0) is 17.5 Å². The lowest BCUT2D eigenvalue weighted by Gasteiger charge is -2.29. The first kappa shape index (κ1) is 12.1. The van der Waals surface area contributed by atoms with Gasteiger partial charge in [-0.25, -0.2) is 0 Å². The lowest BCUT2D eigenvalue weighted by molar-refractivity contribution is 0.0180. The number of benzene rings is 1. The minimum absolute atomic E-state index is 0.0625. The zero-order valence-electron chi connectivity index (χ0n) is 10.3. The van der Waals surface area contributed by atoms with Gasteiger partial charge in [0.1, 0.15) is 0 Å². The van der Waals surface area contributed by atoms with Gasteiger partial charge in [-0.15, -0.1) is 0 Å². The molecular weight excluding hydrogens is 230 g/mol. The lowest BCUT2D eigenvalue weighted by Crippen LogP contribution is -2.31. The molecule has 0 saturated carbocycles. The van der Waals surface area contributed by atoms with Crippen LogP contribution in [-0.2, 0) is 11.2 Å². The van der Waals surface area contributed by atoms with Crippen molar-refractivity contribution in [3.8, 4) is 0 Å². The minimum Gasteiger partial charge on any atom is -0.389 e. The van der Waals surface area contributed by atoms with Crippen LogP contribution in [0.25, 0.3) is 0 Å². The normalized spacial score (nSPS) is 32.4. The van der Waals surface area contributed by atoms with Crippen LogP contribution < -0.4 is 0 Å². The predicted octanol–water partition coefficient (Wildman–Crippen LogP) is 0.338. The molecule has 4 nitrogen and oxygen atoms in total. The Morgan fingerprint density at radius 1 is 1.17 bits per heavy atom. The van der Waals surface area contributed by atoms with Crippen LogP contribution >= 0.6 is 0 Å². The highest BCUT2D eigenvalue weighted by Crippen LogP contribution is 2.28. The Bertz CT molecular complexity index is 413. The second-order valence-electron chi connectivity index (χ2n) is 5.16. The Labute approximate surface area is 107 Å². The molecule has 3 atom stereocenters. The number of hydrogen-bond donors (Lipinski definition) is 2. The molecule has 0 amide bonds. The van der Waals surface area contributed by atoms with Crippen molar-refractivity contribution in [2.45, 2.75) is 24.7 Å². The van der Waals surface area contributed by atoms with Crippen LogP contribution in [0.4, 0.5) is 0 Å². The maximum atomic E-state index is 9.56. The topological polar surface area (TPSA) is 52.9 Å². The van der Waals surface area contributed by atoms with E-state index in [1.54, 1.807) is 0 Å². The summed E-state index contributed by atoms with van der Waals surface area (Å²) in [6.07, 6.45) is -0.210. The summed E-state index contributed by atoms with van der Waals surface area (Å²) in [5.41, 5.74) is 2.61. The molecule has 1 aromatic rings. The Morgan fingerprint density at radius 2 is 1.89 bits per heavy atom. The van der Waals surface area contributed by atoms with E-state index < -0.39 is 12.2 Å². The van der Waals surface area contributed by atoms with E-state index in [-0.39, 0.29) is 6.10 Å². The Kier molecular flexibility index (Phi) is 3.35. The third-order valence-electron chi connectivity index (χ3n) is 3.85. The summed E-state index contributed by atoms with van der Waals surface area (Å²) in [4.78, 5) is 2.07. The molecule has 0 spiro atoms. The van der Waals surface area contributed by atoms with E-state index >= 15 is 0 Å². The zero-order valence-corrected chi connectivity index (χ0v) is 10.3.